The lowest BCUT2D eigenvalue weighted by Crippen LogP contribution is -2.50. The number of rotatable bonds is 6. The van der Waals surface area contributed by atoms with Gasteiger partial charge in [0.15, 0.2) is 0 Å². The molecule has 152 valence electrons. The van der Waals surface area contributed by atoms with Crippen LogP contribution in [-0.2, 0) is 25.7 Å². The zero-order chi connectivity index (χ0) is 20.6. The lowest BCUT2D eigenvalue weighted by molar-refractivity contribution is -0.142. The minimum absolute atomic E-state index is 0.105. The van der Waals surface area contributed by atoms with E-state index in [0.717, 1.165) is 10.5 Å². The predicted octanol–water partition coefficient (Wildman–Crippen LogP) is 2.98. The number of carbonyl (C=O) groups is 3. The highest BCUT2D eigenvalue weighted by Gasteiger charge is 2.33. The van der Waals surface area contributed by atoms with Gasteiger partial charge in [-0.05, 0) is 24.6 Å². The van der Waals surface area contributed by atoms with Gasteiger partial charge in [-0.3, -0.25) is 14.5 Å². The molecule has 1 aliphatic heterocycles. The van der Waals surface area contributed by atoms with Gasteiger partial charge in [-0.25, -0.2) is 4.79 Å². The van der Waals surface area contributed by atoms with E-state index in [9.17, 15) is 14.4 Å². The number of anilines is 1. The molecule has 0 saturated heterocycles. The summed E-state index contributed by atoms with van der Waals surface area (Å²) in [6.45, 7) is 1.82. The van der Waals surface area contributed by atoms with E-state index < -0.39 is 18.1 Å². The number of hydrogen-bond acceptors (Lipinski definition) is 6. The van der Waals surface area contributed by atoms with Gasteiger partial charge in [-0.2, -0.15) is 0 Å². The summed E-state index contributed by atoms with van der Waals surface area (Å²) >= 11 is 1.44. The largest absolute Gasteiger partial charge is 0.465 e. The lowest BCUT2D eigenvalue weighted by atomic mass is 10.2. The van der Waals surface area contributed by atoms with E-state index in [2.05, 4.69) is 5.32 Å². The van der Waals surface area contributed by atoms with Gasteiger partial charge in [-0.15, -0.1) is 11.8 Å². The fourth-order valence-electron chi connectivity index (χ4n) is 2.86. The van der Waals surface area contributed by atoms with E-state index in [1.165, 1.54) is 16.7 Å². The van der Waals surface area contributed by atoms with E-state index in [1.807, 2.05) is 42.5 Å². The van der Waals surface area contributed by atoms with Crippen LogP contribution in [0.25, 0.3) is 0 Å². The van der Waals surface area contributed by atoms with Crippen molar-refractivity contribution in [3.8, 4) is 0 Å². The Hall–Kier alpha value is -3.00. The molecule has 2 aromatic rings. The molecule has 0 radical (unpaired) electrons. The molecule has 0 unspecified atom stereocenters. The molecule has 1 atom stereocenters. The average molecular weight is 414 g/mol. The number of para-hydroxylation sites is 1. The molecular weight excluding hydrogens is 392 g/mol. The van der Waals surface area contributed by atoms with Crippen molar-refractivity contribution in [3.05, 3.63) is 60.2 Å². The van der Waals surface area contributed by atoms with Crippen LogP contribution in [0.3, 0.4) is 0 Å². The van der Waals surface area contributed by atoms with Crippen LogP contribution in [0.2, 0.25) is 0 Å². The highest BCUT2D eigenvalue weighted by molar-refractivity contribution is 7.99. The summed E-state index contributed by atoms with van der Waals surface area (Å²) in [5.41, 5.74) is 1.47. The van der Waals surface area contributed by atoms with E-state index >= 15 is 0 Å². The Morgan fingerprint density at radius 2 is 1.83 bits per heavy atom. The van der Waals surface area contributed by atoms with E-state index in [1.54, 1.807) is 19.1 Å². The van der Waals surface area contributed by atoms with Crippen molar-refractivity contribution in [3.63, 3.8) is 0 Å². The summed E-state index contributed by atoms with van der Waals surface area (Å²) < 4.78 is 10.2. The Kier molecular flexibility index (Phi) is 7.13. The minimum atomic E-state index is -0.829. The molecule has 0 fully saturated rings. The van der Waals surface area contributed by atoms with Gasteiger partial charge in [0.1, 0.15) is 19.2 Å². The maximum Gasteiger partial charge on any atom is 0.408 e. The number of alkyl carbamates (subject to hydrolysis) is 1. The van der Waals surface area contributed by atoms with Crippen LogP contribution < -0.4 is 10.2 Å². The van der Waals surface area contributed by atoms with Gasteiger partial charge >= 0.3 is 12.1 Å². The zero-order valence-corrected chi connectivity index (χ0v) is 16.8. The van der Waals surface area contributed by atoms with E-state index in [0.29, 0.717) is 11.4 Å². The van der Waals surface area contributed by atoms with Crippen molar-refractivity contribution in [2.45, 2.75) is 24.5 Å². The first-order valence-electron chi connectivity index (χ1n) is 9.24. The lowest BCUT2D eigenvalue weighted by Gasteiger charge is -2.24. The third-order valence-electron chi connectivity index (χ3n) is 4.22. The van der Waals surface area contributed by atoms with Gasteiger partial charge in [0.25, 0.3) is 5.91 Å². The molecule has 1 aliphatic rings. The Bertz CT molecular complexity index is 874. The van der Waals surface area contributed by atoms with Crippen LogP contribution in [0, 0.1) is 0 Å². The number of fused-ring (bicyclic) bond motifs is 1. The Morgan fingerprint density at radius 3 is 2.59 bits per heavy atom. The van der Waals surface area contributed by atoms with Crippen molar-refractivity contribution in [2.24, 2.45) is 0 Å². The summed E-state index contributed by atoms with van der Waals surface area (Å²) in [7, 11) is 0. The number of carbonyl (C=O) groups excluding carboxylic acids is 3. The highest BCUT2D eigenvalue weighted by atomic mass is 32.2. The molecule has 0 aliphatic carbocycles. The SMILES string of the molecule is CCOC(=O)CN1C(=O)[C@@H](NC(=O)OCc2ccccc2)CSc2ccccc21. The maximum absolute atomic E-state index is 13.1. The second-order valence-corrected chi connectivity index (χ2v) is 7.33. The van der Waals surface area contributed by atoms with Gasteiger partial charge in [0.2, 0.25) is 0 Å². The minimum Gasteiger partial charge on any atom is -0.465 e. The van der Waals surface area contributed by atoms with Gasteiger partial charge in [-0.1, -0.05) is 42.5 Å². The van der Waals surface area contributed by atoms with Gasteiger partial charge in [0, 0.05) is 10.6 Å². The molecule has 7 nitrogen and oxygen atoms in total. The summed E-state index contributed by atoms with van der Waals surface area (Å²) in [4.78, 5) is 39.6. The van der Waals surface area contributed by atoms with Crippen molar-refractivity contribution in [1.82, 2.24) is 5.32 Å². The molecule has 29 heavy (non-hydrogen) atoms. The number of thioether (sulfide) groups is 1. The quantitative estimate of drug-likeness (QED) is 0.732. The topological polar surface area (TPSA) is 84.9 Å². The molecule has 0 spiro atoms. The maximum atomic E-state index is 13.1. The number of nitrogens with one attached hydrogen (secondary N) is 1. The molecule has 3 rings (SSSR count). The summed E-state index contributed by atoms with van der Waals surface area (Å²) in [5.74, 6) is -0.560. The standard InChI is InChI=1S/C21H22N2O5S/c1-2-27-19(24)12-23-17-10-6-7-11-18(17)29-14-16(20(23)25)22-21(26)28-13-15-8-4-3-5-9-15/h3-11,16H,2,12-14H2,1H3,(H,22,26)/t16-/m0/s1. The fourth-order valence-corrected chi connectivity index (χ4v) is 3.94. The number of benzene rings is 2. The number of esters is 1. The predicted molar refractivity (Wildman–Crippen MR) is 110 cm³/mol. The van der Waals surface area contributed by atoms with Crippen molar-refractivity contribution < 1.29 is 23.9 Å². The van der Waals surface area contributed by atoms with Crippen LogP contribution in [0.1, 0.15) is 12.5 Å². The molecule has 8 heteroatoms. The second-order valence-electron chi connectivity index (χ2n) is 6.27. The smallest absolute Gasteiger partial charge is 0.408 e. The molecular formula is C21H22N2O5S. The Balaban J connectivity index is 1.70. The van der Waals surface area contributed by atoms with Crippen LogP contribution in [0.15, 0.2) is 59.5 Å². The second kappa shape index (κ2) is 9.97. The number of ether oxygens (including phenoxy) is 2. The van der Waals surface area contributed by atoms with Crippen LogP contribution in [-0.4, -0.2) is 42.9 Å². The zero-order valence-electron chi connectivity index (χ0n) is 16.0. The molecule has 1 heterocycles. The first-order chi connectivity index (χ1) is 14.1. The van der Waals surface area contributed by atoms with Crippen molar-refractivity contribution >= 4 is 35.4 Å². The van der Waals surface area contributed by atoms with Crippen LogP contribution in [0.4, 0.5) is 10.5 Å². The first-order valence-corrected chi connectivity index (χ1v) is 10.2. The third kappa shape index (κ3) is 5.51. The Labute approximate surface area is 173 Å². The number of nitrogens with zero attached hydrogens (tertiary/aromatic N) is 1. The molecule has 2 amide bonds. The third-order valence-corrected chi connectivity index (χ3v) is 5.38. The fraction of sp³-hybridized carbons (Fsp3) is 0.286. The molecule has 2 aromatic carbocycles. The van der Waals surface area contributed by atoms with Gasteiger partial charge < -0.3 is 14.8 Å². The van der Waals surface area contributed by atoms with Gasteiger partial charge in [0.05, 0.1) is 12.3 Å². The number of hydrogen-bond donors (Lipinski definition) is 1. The molecule has 0 saturated carbocycles. The Morgan fingerprint density at radius 1 is 1.10 bits per heavy atom. The monoisotopic (exact) mass is 414 g/mol. The average Bonchev–Trinajstić information content (AvgIpc) is 2.86. The molecule has 0 aromatic heterocycles. The summed E-state index contributed by atoms with van der Waals surface area (Å²) in [5, 5.41) is 2.62. The van der Waals surface area contributed by atoms with Crippen LogP contribution in [0.5, 0.6) is 0 Å². The van der Waals surface area contributed by atoms with E-state index in [4.69, 9.17) is 9.47 Å². The highest BCUT2D eigenvalue weighted by Crippen LogP contribution is 2.34. The number of amides is 2. The first kappa shape index (κ1) is 20.7. The molecule has 0 bridgehead atoms. The van der Waals surface area contributed by atoms with Crippen molar-refractivity contribution in [1.29, 1.82) is 0 Å². The van der Waals surface area contributed by atoms with E-state index in [-0.39, 0.29) is 25.7 Å². The summed E-state index contributed by atoms with van der Waals surface area (Å²) in [6, 6.07) is 15.8. The normalized spacial score (nSPS) is 15.8. The van der Waals surface area contributed by atoms with Crippen molar-refractivity contribution in [2.75, 3.05) is 23.8 Å². The van der Waals surface area contributed by atoms with Crippen LogP contribution >= 0.6 is 11.8 Å². The summed E-state index contributed by atoms with van der Waals surface area (Å²) in [6.07, 6.45) is -0.685. The molecule has 1 N–H and O–H groups in total.